The summed E-state index contributed by atoms with van der Waals surface area (Å²) in [7, 11) is 3.26. The number of methoxy groups -OCH3 is 2. The Kier molecular flexibility index (Phi) is 6.03. The number of nitrogens with one attached hydrogen (secondary N) is 1. The highest BCUT2D eigenvalue weighted by Crippen LogP contribution is 2.50. The number of nitrogens with zero attached hydrogens (tertiary/aromatic N) is 3. The van der Waals surface area contributed by atoms with E-state index in [1.54, 1.807) is 14.2 Å². The summed E-state index contributed by atoms with van der Waals surface area (Å²) in [6.45, 7) is 4.81. The van der Waals surface area contributed by atoms with Crippen molar-refractivity contribution in [2.75, 3.05) is 31.9 Å². The second-order valence-electron chi connectivity index (χ2n) is 8.41. The first kappa shape index (κ1) is 22.0. The van der Waals surface area contributed by atoms with Crippen molar-refractivity contribution in [3.63, 3.8) is 0 Å². The van der Waals surface area contributed by atoms with Gasteiger partial charge < -0.3 is 25.3 Å². The highest BCUT2D eigenvalue weighted by molar-refractivity contribution is 6.17. The van der Waals surface area contributed by atoms with Crippen molar-refractivity contribution < 1.29 is 19.0 Å². The van der Waals surface area contributed by atoms with Gasteiger partial charge >= 0.3 is 0 Å². The van der Waals surface area contributed by atoms with E-state index < -0.39 is 0 Å². The highest BCUT2D eigenvalue weighted by Gasteiger charge is 2.45. The first-order valence-electron chi connectivity index (χ1n) is 10.6. The molecule has 1 saturated carbocycles. The van der Waals surface area contributed by atoms with Gasteiger partial charge in [-0.3, -0.25) is 9.36 Å². The maximum atomic E-state index is 13.5. The van der Waals surface area contributed by atoms with Gasteiger partial charge in [-0.1, -0.05) is 12.1 Å². The summed E-state index contributed by atoms with van der Waals surface area (Å²) < 4.78 is 18.6. The van der Waals surface area contributed by atoms with Gasteiger partial charge in [0.25, 0.3) is 5.91 Å². The largest absolute Gasteiger partial charge is 0.475 e. The zero-order chi connectivity index (χ0) is 22.9. The lowest BCUT2D eigenvalue weighted by Gasteiger charge is -2.19. The van der Waals surface area contributed by atoms with Crippen molar-refractivity contribution >= 4 is 28.4 Å². The van der Waals surface area contributed by atoms with Crippen LogP contribution in [0.3, 0.4) is 0 Å². The van der Waals surface area contributed by atoms with Crippen molar-refractivity contribution in [1.82, 2.24) is 14.5 Å². The fraction of sp³-hybridized carbons (Fsp3) is 0.435. The van der Waals surface area contributed by atoms with E-state index in [4.69, 9.17) is 19.9 Å². The third-order valence-corrected chi connectivity index (χ3v) is 5.86. The summed E-state index contributed by atoms with van der Waals surface area (Å²) in [6, 6.07) is 7.48. The summed E-state index contributed by atoms with van der Waals surface area (Å²) in [4.78, 5) is 22.1. The Morgan fingerprint density at radius 1 is 1.25 bits per heavy atom. The maximum absolute atomic E-state index is 13.5. The number of nitrogen functional groups attached to an aromatic ring is 1. The lowest BCUT2D eigenvalue weighted by atomic mass is 10.2. The van der Waals surface area contributed by atoms with Crippen molar-refractivity contribution in [3.05, 3.63) is 41.7 Å². The lowest BCUT2D eigenvalue weighted by molar-refractivity contribution is 0.0669. The van der Waals surface area contributed by atoms with Crippen LogP contribution in [-0.2, 0) is 21.6 Å². The van der Waals surface area contributed by atoms with E-state index in [1.165, 1.54) is 6.33 Å². The van der Waals surface area contributed by atoms with Gasteiger partial charge in [0.05, 0.1) is 18.1 Å². The molecular formula is C23H29N5O4. The first-order chi connectivity index (χ1) is 15.4. The Bertz CT molecular complexity index is 1120. The van der Waals surface area contributed by atoms with E-state index in [9.17, 15) is 4.79 Å². The first-order valence-corrected chi connectivity index (χ1v) is 10.6. The van der Waals surface area contributed by atoms with Gasteiger partial charge in [0.15, 0.2) is 0 Å². The van der Waals surface area contributed by atoms with Gasteiger partial charge in [-0.15, -0.1) is 0 Å². The predicted octanol–water partition coefficient (Wildman–Crippen LogP) is 3.33. The van der Waals surface area contributed by atoms with Crippen molar-refractivity contribution in [1.29, 1.82) is 0 Å². The van der Waals surface area contributed by atoms with Gasteiger partial charge in [-0.2, -0.15) is 0 Å². The number of anilines is 2. The third-order valence-electron chi connectivity index (χ3n) is 5.86. The van der Waals surface area contributed by atoms with Crippen LogP contribution in [-0.4, -0.2) is 47.4 Å². The van der Waals surface area contributed by atoms with E-state index in [1.807, 2.05) is 35.8 Å². The van der Waals surface area contributed by atoms with Gasteiger partial charge in [0, 0.05) is 25.4 Å². The van der Waals surface area contributed by atoms with E-state index in [2.05, 4.69) is 22.2 Å². The van der Waals surface area contributed by atoms with E-state index in [-0.39, 0.29) is 30.0 Å². The number of benzene rings is 1. The van der Waals surface area contributed by atoms with E-state index in [0.29, 0.717) is 34.8 Å². The Labute approximate surface area is 186 Å². The molecule has 1 aliphatic carbocycles. The lowest BCUT2D eigenvalue weighted by Crippen LogP contribution is -2.22. The molecule has 1 fully saturated rings. The number of amides is 1. The predicted molar refractivity (Wildman–Crippen MR) is 122 cm³/mol. The third kappa shape index (κ3) is 4.13. The fourth-order valence-corrected chi connectivity index (χ4v) is 3.68. The van der Waals surface area contributed by atoms with Gasteiger partial charge in [0.2, 0.25) is 5.88 Å². The highest BCUT2D eigenvalue weighted by atomic mass is 16.5. The summed E-state index contributed by atoms with van der Waals surface area (Å²) >= 11 is 0. The van der Waals surface area contributed by atoms with Crippen LogP contribution in [0.2, 0.25) is 0 Å². The number of nitrogens with two attached hydrogens (primary N) is 1. The molecule has 170 valence electrons. The molecule has 9 nitrogen and oxygen atoms in total. The van der Waals surface area contributed by atoms with Crippen LogP contribution in [0.15, 0.2) is 30.6 Å². The van der Waals surface area contributed by atoms with Gasteiger partial charge in [-0.25, -0.2) is 9.97 Å². The minimum Gasteiger partial charge on any atom is -0.475 e. The second kappa shape index (κ2) is 8.76. The molecule has 3 N–H and O–H groups in total. The molecule has 9 heteroatoms. The Morgan fingerprint density at radius 3 is 2.59 bits per heavy atom. The Morgan fingerprint density at radius 2 is 1.97 bits per heavy atom. The Hall–Kier alpha value is -3.17. The number of ether oxygens (including phenoxy) is 3. The molecule has 2 aromatic heterocycles. The second-order valence-corrected chi connectivity index (χ2v) is 8.41. The normalized spacial score (nSPS) is 15.5. The van der Waals surface area contributed by atoms with E-state index >= 15 is 0 Å². The van der Waals surface area contributed by atoms with Crippen LogP contribution in [0.1, 0.15) is 42.6 Å². The number of carbonyl (C=O) groups excluding carboxylic acids is 1. The van der Waals surface area contributed by atoms with Gasteiger partial charge in [0.1, 0.15) is 30.0 Å². The molecule has 1 amide bonds. The molecule has 0 radical (unpaired) electrons. The van der Waals surface area contributed by atoms with Crippen LogP contribution in [0.4, 0.5) is 11.5 Å². The molecule has 1 aliphatic rings. The molecular weight excluding hydrogens is 410 g/mol. The number of aromatic nitrogens is 3. The maximum Gasteiger partial charge on any atom is 0.261 e. The molecule has 1 atom stereocenters. The molecule has 1 aromatic carbocycles. The van der Waals surface area contributed by atoms with Crippen molar-refractivity contribution in [2.45, 2.75) is 44.9 Å². The molecule has 0 unspecified atom stereocenters. The molecule has 32 heavy (non-hydrogen) atoms. The number of carbonyl (C=O) groups is 1. The number of rotatable bonds is 9. The molecule has 0 aliphatic heterocycles. The van der Waals surface area contributed by atoms with Crippen molar-refractivity contribution in [2.24, 2.45) is 0 Å². The SMILES string of the molecule is COCc1ccc(NC(=O)c2c(OC[C@@H](C)OC)n(C3(C)CC3)c3ncnc(N)c23)cc1. The molecule has 0 spiro atoms. The number of hydrogen-bond acceptors (Lipinski definition) is 7. The summed E-state index contributed by atoms with van der Waals surface area (Å²) in [5.74, 6) is 0.340. The standard InChI is InChI=1S/C23H29N5O4/c1-14(31-4)11-32-22-18(21(29)27-16-7-5-15(6-8-16)12-30-3)17-19(24)25-13-26-20(17)28(22)23(2)9-10-23/h5-8,13-14H,9-12H2,1-4H3,(H,27,29)(H2,24,25,26)/t14-/m1/s1. The fourth-order valence-electron chi connectivity index (χ4n) is 3.68. The van der Waals surface area contributed by atoms with E-state index in [0.717, 1.165) is 18.4 Å². The van der Waals surface area contributed by atoms with Gasteiger partial charge in [-0.05, 0) is 44.4 Å². The van der Waals surface area contributed by atoms with Crippen molar-refractivity contribution in [3.8, 4) is 5.88 Å². The topological polar surface area (TPSA) is 114 Å². The number of hydrogen-bond donors (Lipinski definition) is 2. The zero-order valence-electron chi connectivity index (χ0n) is 18.8. The molecule has 4 rings (SSSR count). The van der Waals surface area contributed by atoms with Crippen LogP contribution < -0.4 is 15.8 Å². The van der Waals surface area contributed by atoms with Crippen LogP contribution >= 0.6 is 0 Å². The van der Waals surface area contributed by atoms with Crippen LogP contribution in [0.5, 0.6) is 5.88 Å². The quantitative estimate of drug-likeness (QED) is 0.526. The average molecular weight is 440 g/mol. The summed E-state index contributed by atoms with van der Waals surface area (Å²) in [6.07, 6.45) is 3.18. The number of fused-ring (bicyclic) bond motifs is 1. The Balaban J connectivity index is 1.78. The molecule has 3 aromatic rings. The monoisotopic (exact) mass is 439 g/mol. The van der Waals surface area contributed by atoms with Crippen LogP contribution in [0, 0.1) is 0 Å². The summed E-state index contributed by atoms with van der Waals surface area (Å²) in [5.41, 5.74) is 8.63. The minimum absolute atomic E-state index is 0.152. The smallest absolute Gasteiger partial charge is 0.261 e. The minimum atomic E-state index is -0.334. The average Bonchev–Trinajstić information content (AvgIpc) is 3.42. The summed E-state index contributed by atoms with van der Waals surface area (Å²) in [5, 5.41) is 3.45. The molecule has 0 bridgehead atoms. The zero-order valence-corrected chi connectivity index (χ0v) is 18.8. The van der Waals surface area contributed by atoms with Crippen LogP contribution in [0.25, 0.3) is 11.0 Å². The molecule has 0 saturated heterocycles. The molecule has 2 heterocycles.